The lowest BCUT2D eigenvalue weighted by molar-refractivity contribution is -0.253. The Balaban J connectivity index is 1.26. The first-order chi connectivity index (χ1) is 25.2. The van der Waals surface area contributed by atoms with Crippen LogP contribution in [0.5, 0.6) is 0 Å². The van der Waals surface area contributed by atoms with E-state index in [0.29, 0.717) is 32.5 Å². The Hall–Kier alpha value is -4.38. The highest BCUT2D eigenvalue weighted by Gasteiger charge is 2.34. The van der Waals surface area contributed by atoms with E-state index in [1.165, 1.54) is 6.92 Å². The van der Waals surface area contributed by atoms with E-state index < -0.39 is 12.4 Å². The standard InChI is InChI=1S/C43H53N3O6/c1-30(42(50)35-13-6-4-7-14-35)46(3)28-39-26-40(34-21-19-32(29-47)20-22-34)52-43(51-39)38-17-11-16-37(25-38)36-15-10-12-33(24-36)27-45-41(49)18-8-5-9-23-44-31(2)48/h4,6-7,10-17,19-22,24-25,30,39-40,42-43,47,50H,5,8-9,18,23,26-29H2,1-3H3,(H,44,48)(H,45,49)/t30-,39-,40+,42-,43+/m1/s1. The van der Waals surface area contributed by atoms with Crippen LogP contribution in [0, 0.1) is 0 Å². The van der Waals surface area contributed by atoms with Crippen LogP contribution in [-0.4, -0.2) is 59.2 Å². The minimum atomic E-state index is -0.642. The first kappa shape index (κ1) is 38.8. The molecule has 1 aliphatic heterocycles. The minimum absolute atomic E-state index is 0.0169. The lowest BCUT2D eigenvalue weighted by Crippen LogP contribution is -2.43. The lowest BCUT2D eigenvalue weighted by Gasteiger charge is -2.39. The number of nitrogens with zero attached hydrogens (tertiary/aromatic N) is 1. The summed E-state index contributed by atoms with van der Waals surface area (Å²) in [5, 5.41) is 26.6. The molecule has 4 aromatic carbocycles. The number of carbonyl (C=O) groups is 2. The van der Waals surface area contributed by atoms with Crippen molar-refractivity contribution >= 4 is 11.8 Å². The molecule has 276 valence electrons. The second-order valence-corrected chi connectivity index (χ2v) is 13.8. The molecular formula is C43H53N3O6. The van der Waals surface area contributed by atoms with E-state index in [4.69, 9.17) is 9.47 Å². The van der Waals surface area contributed by atoms with Gasteiger partial charge >= 0.3 is 0 Å². The Labute approximate surface area is 308 Å². The van der Waals surface area contributed by atoms with Crippen molar-refractivity contribution in [3.63, 3.8) is 0 Å². The second-order valence-electron chi connectivity index (χ2n) is 13.8. The Morgan fingerprint density at radius 2 is 1.56 bits per heavy atom. The third kappa shape index (κ3) is 11.3. The fraction of sp³-hybridized carbons (Fsp3) is 0.395. The largest absolute Gasteiger partial charge is 0.392 e. The van der Waals surface area contributed by atoms with Crippen LogP contribution in [0.25, 0.3) is 11.1 Å². The van der Waals surface area contributed by atoms with Gasteiger partial charge in [0.1, 0.15) is 0 Å². The van der Waals surface area contributed by atoms with Gasteiger partial charge in [-0.1, -0.05) is 97.4 Å². The summed E-state index contributed by atoms with van der Waals surface area (Å²) in [5.41, 5.74) is 6.69. The van der Waals surface area contributed by atoms with Gasteiger partial charge in [0, 0.05) is 51.0 Å². The van der Waals surface area contributed by atoms with E-state index in [-0.39, 0.29) is 36.7 Å². The van der Waals surface area contributed by atoms with Gasteiger partial charge in [-0.05, 0) is 72.3 Å². The topological polar surface area (TPSA) is 120 Å². The number of carbonyl (C=O) groups excluding carboxylic acids is 2. The minimum Gasteiger partial charge on any atom is -0.392 e. The third-order valence-electron chi connectivity index (χ3n) is 9.76. The van der Waals surface area contributed by atoms with Gasteiger partial charge in [0.2, 0.25) is 11.8 Å². The Morgan fingerprint density at radius 1 is 0.827 bits per heavy atom. The van der Waals surface area contributed by atoms with E-state index in [0.717, 1.165) is 58.2 Å². The maximum absolute atomic E-state index is 12.5. The van der Waals surface area contributed by atoms with Gasteiger partial charge < -0.3 is 30.3 Å². The van der Waals surface area contributed by atoms with Gasteiger partial charge in [-0.25, -0.2) is 0 Å². The molecule has 0 bridgehead atoms. The van der Waals surface area contributed by atoms with E-state index in [1.54, 1.807) is 0 Å². The quantitative estimate of drug-likeness (QED) is 0.0896. The summed E-state index contributed by atoms with van der Waals surface area (Å²) in [5.74, 6) is -0.0138. The molecule has 0 unspecified atom stereocenters. The summed E-state index contributed by atoms with van der Waals surface area (Å²) < 4.78 is 13.3. The number of hydrogen-bond donors (Lipinski definition) is 4. The molecular weight excluding hydrogens is 654 g/mol. The number of aliphatic hydroxyl groups excluding tert-OH is 2. The highest BCUT2D eigenvalue weighted by molar-refractivity contribution is 5.76. The molecule has 4 N–H and O–H groups in total. The Bertz CT molecular complexity index is 1720. The molecule has 0 saturated carbocycles. The number of aliphatic hydroxyl groups is 2. The normalized spacial score (nSPS) is 18.5. The second kappa shape index (κ2) is 19.5. The average Bonchev–Trinajstić information content (AvgIpc) is 3.18. The summed E-state index contributed by atoms with van der Waals surface area (Å²) >= 11 is 0. The number of unbranched alkanes of at least 4 members (excludes halogenated alkanes) is 2. The number of likely N-dealkylation sites (N-methyl/N-ethyl adjacent to an activating group) is 1. The first-order valence-corrected chi connectivity index (χ1v) is 18.3. The van der Waals surface area contributed by atoms with Crippen LogP contribution in [-0.2, 0) is 32.2 Å². The molecule has 1 saturated heterocycles. The summed E-state index contributed by atoms with van der Waals surface area (Å²) in [6.07, 6.45) is 1.96. The molecule has 2 amide bonds. The fourth-order valence-corrected chi connectivity index (χ4v) is 6.56. The van der Waals surface area contributed by atoms with Gasteiger partial charge in [-0.3, -0.25) is 14.5 Å². The molecule has 4 aromatic rings. The van der Waals surface area contributed by atoms with Crippen LogP contribution in [0.4, 0.5) is 0 Å². The van der Waals surface area contributed by atoms with Crippen molar-refractivity contribution in [1.29, 1.82) is 0 Å². The van der Waals surface area contributed by atoms with Gasteiger partial charge in [0.25, 0.3) is 0 Å². The predicted molar refractivity (Wildman–Crippen MR) is 203 cm³/mol. The molecule has 0 aromatic heterocycles. The average molecular weight is 708 g/mol. The zero-order chi connectivity index (χ0) is 36.9. The smallest absolute Gasteiger partial charge is 0.220 e. The zero-order valence-corrected chi connectivity index (χ0v) is 30.5. The molecule has 1 aliphatic rings. The molecule has 1 heterocycles. The van der Waals surface area contributed by atoms with Crippen molar-refractivity contribution in [1.82, 2.24) is 15.5 Å². The molecule has 9 nitrogen and oxygen atoms in total. The molecule has 52 heavy (non-hydrogen) atoms. The number of rotatable bonds is 17. The third-order valence-corrected chi connectivity index (χ3v) is 9.76. The van der Waals surface area contributed by atoms with Gasteiger partial charge in [0.15, 0.2) is 6.29 Å². The van der Waals surface area contributed by atoms with Crippen molar-refractivity contribution < 1.29 is 29.3 Å². The number of nitrogens with one attached hydrogen (secondary N) is 2. The lowest BCUT2D eigenvalue weighted by atomic mass is 9.97. The highest BCUT2D eigenvalue weighted by atomic mass is 16.7. The number of benzene rings is 4. The predicted octanol–water partition coefficient (Wildman–Crippen LogP) is 6.76. The SMILES string of the molecule is CC(=O)NCCCCCC(=O)NCc1cccc(-c2cccc([C@H]3O[C@@H](CN(C)[C@H](C)[C@@H](O)c4ccccc4)C[C@@H](c4ccc(CO)cc4)O3)c2)c1. The van der Waals surface area contributed by atoms with Gasteiger partial charge in [-0.2, -0.15) is 0 Å². The molecule has 5 atom stereocenters. The molecule has 0 aliphatic carbocycles. The molecule has 0 spiro atoms. The fourth-order valence-electron chi connectivity index (χ4n) is 6.56. The van der Waals surface area contributed by atoms with Crippen LogP contribution < -0.4 is 10.6 Å². The summed E-state index contributed by atoms with van der Waals surface area (Å²) in [6, 6.07) is 33.8. The van der Waals surface area contributed by atoms with Gasteiger partial charge in [0.05, 0.1) is 24.9 Å². The van der Waals surface area contributed by atoms with Crippen LogP contribution in [0.3, 0.4) is 0 Å². The van der Waals surface area contributed by atoms with E-state index in [1.807, 2.05) is 92.8 Å². The maximum Gasteiger partial charge on any atom is 0.220 e. The number of ether oxygens (including phenoxy) is 2. The van der Waals surface area contributed by atoms with Crippen LogP contribution in [0.15, 0.2) is 103 Å². The zero-order valence-electron chi connectivity index (χ0n) is 30.5. The molecule has 5 rings (SSSR count). The Kier molecular flexibility index (Phi) is 14.5. The summed E-state index contributed by atoms with van der Waals surface area (Å²) in [7, 11) is 2.02. The maximum atomic E-state index is 12.5. The summed E-state index contributed by atoms with van der Waals surface area (Å²) in [6.45, 7) is 5.20. The monoisotopic (exact) mass is 707 g/mol. The first-order valence-electron chi connectivity index (χ1n) is 18.3. The molecule has 9 heteroatoms. The van der Waals surface area contributed by atoms with E-state index >= 15 is 0 Å². The van der Waals surface area contributed by atoms with E-state index in [2.05, 4.69) is 39.8 Å². The van der Waals surface area contributed by atoms with Crippen LogP contribution in [0.1, 0.15) is 92.3 Å². The van der Waals surface area contributed by atoms with Crippen molar-refractivity contribution in [2.75, 3.05) is 20.1 Å². The summed E-state index contributed by atoms with van der Waals surface area (Å²) in [4.78, 5) is 25.6. The van der Waals surface area contributed by atoms with Crippen molar-refractivity contribution in [2.45, 2.75) is 89.7 Å². The number of hydrogen-bond acceptors (Lipinski definition) is 7. The van der Waals surface area contributed by atoms with Crippen molar-refractivity contribution in [3.8, 4) is 11.1 Å². The molecule has 1 fully saturated rings. The van der Waals surface area contributed by atoms with Crippen LogP contribution in [0.2, 0.25) is 0 Å². The van der Waals surface area contributed by atoms with Gasteiger partial charge in [-0.15, -0.1) is 0 Å². The van der Waals surface area contributed by atoms with E-state index in [9.17, 15) is 19.8 Å². The van der Waals surface area contributed by atoms with Crippen molar-refractivity contribution in [2.24, 2.45) is 0 Å². The van der Waals surface area contributed by atoms with Crippen LogP contribution >= 0.6 is 0 Å². The van der Waals surface area contributed by atoms with Crippen molar-refractivity contribution in [3.05, 3.63) is 131 Å². The molecule has 0 radical (unpaired) electrons. The Morgan fingerprint density at radius 3 is 2.29 bits per heavy atom. The number of amides is 2. The highest BCUT2D eigenvalue weighted by Crippen LogP contribution is 2.39.